The van der Waals surface area contributed by atoms with E-state index in [0.29, 0.717) is 16.3 Å². The van der Waals surface area contributed by atoms with Gasteiger partial charge in [-0.25, -0.2) is 10.2 Å². The summed E-state index contributed by atoms with van der Waals surface area (Å²) in [6.45, 7) is 0. The molecule has 2 amide bonds. The number of anilines is 1. The van der Waals surface area contributed by atoms with Crippen molar-refractivity contribution < 1.29 is 23.5 Å². The van der Waals surface area contributed by atoms with Crippen molar-refractivity contribution in [1.82, 2.24) is 5.43 Å². The van der Waals surface area contributed by atoms with E-state index in [1.54, 1.807) is 54.6 Å². The molecular weight excluding hydrogens is 505 g/mol. The molecule has 0 saturated heterocycles. The molecule has 4 rings (SSSR count). The summed E-state index contributed by atoms with van der Waals surface area (Å²) in [4.78, 5) is 37.3. The zero-order valence-electron chi connectivity index (χ0n) is 18.4. The van der Waals surface area contributed by atoms with Crippen LogP contribution in [0, 0.1) is 0 Å². The number of furan rings is 1. The summed E-state index contributed by atoms with van der Waals surface area (Å²) in [5, 5.41) is 7.26. The van der Waals surface area contributed by atoms with Crippen LogP contribution in [0.25, 0.3) is 0 Å². The maximum atomic E-state index is 12.6. The minimum absolute atomic E-state index is 0.0559. The van der Waals surface area contributed by atoms with Gasteiger partial charge in [0.05, 0.1) is 23.1 Å². The van der Waals surface area contributed by atoms with Crippen molar-refractivity contribution in [2.45, 2.75) is 0 Å². The van der Waals surface area contributed by atoms with E-state index in [1.807, 2.05) is 0 Å². The van der Waals surface area contributed by atoms with Gasteiger partial charge < -0.3 is 14.5 Å². The zero-order valence-corrected chi connectivity index (χ0v) is 19.9. The van der Waals surface area contributed by atoms with Crippen LogP contribution in [-0.2, 0) is 0 Å². The molecule has 0 aliphatic carbocycles. The molecule has 3 aromatic carbocycles. The maximum absolute atomic E-state index is 12.6. The van der Waals surface area contributed by atoms with E-state index in [9.17, 15) is 14.4 Å². The van der Waals surface area contributed by atoms with Crippen LogP contribution in [0.4, 0.5) is 5.69 Å². The molecule has 4 aromatic rings. The van der Waals surface area contributed by atoms with Crippen molar-refractivity contribution in [1.29, 1.82) is 0 Å². The van der Waals surface area contributed by atoms with Gasteiger partial charge in [-0.15, -0.1) is 0 Å². The molecule has 0 aliphatic rings. The van der Waals surface area contributed by atoms with Gasteiger partial charge in [0.2, 0.25) is 5.76 Å². The maximum Gasteiger partial charge on any atom is 0.379 e. The molecular formula is C26H17Cl2N3O5. The molecule has 0 saturated carbocycles. The number of nitrogens with one attached hydrogen (secondary N) is 2. The number of esters is 1. The molecule has 10 heteroatoms. The predicted octanol–water partition coefficient (Wildman–Crippen LogP) is 5.82. The first-order valence-electron chi connectivity index (χ1n) is 10.5. The van der Waals surface area contributed by atoms with Gasteiger partial charge in [0.1, 0.15) is 5.75 Å². The van der Waals surface area contributed by atoms with Crippen LogP contribution in [0.3, 0.4) is 0 Å². The van der Waals surface area contributed by atoms with Crippen molar-refractivity contribution in [3.63, 3.8) is 0 Å². The SMILES string of the molecule is O=C(NN=Cc1ccccc1OC(=O)c1ccco1)c1cccc(NC(=O)c2ccc(Cl)cc2Cl)c1. The van der Waals surface area contributed by atoms with Gasteiger partial charge in [0.25, 0.3) is 11.8 Å². The zero-order chi connectivity index (χ0) is 25.5. The molecule has 0 bridgehead atoms. The van der Waals surface area contributed by atoms with E-state index in [-0.39, 0.29) is 27.7 Å². The van der Waals surface area contributed by atoms with Gasteiger partial charge in [-0.1, -0.05) is 41.4 Å². The third kappa shape index (κ3) is 6.18. The Morgan fingerprint density at radius 2 is 1.72 bits per heavy atom. The summed E-state index contributed by atoms with van der Waals surface area (Å²) in [6, 6.07) is 20.6. The third-order valence-corrected chi connectivity index (χ3v) is 5.32. The number of hydrogen-bond acceptors (Lipinski definition) is 6. The quantitative estimate of drug-likeness (QED) is 0.138. The fourth-order valence-electron chi connectivity index (χ4n) is 3.06. The molecule has 0 atom stereocenters. The Morgan fingerprint density at radius 1 is 0.889 bits per heavy atom. The lowest BCUT2D eigenvalue weighted by Crippen LogP contribution is -2.18. The molecule has 0 fully saturated rings. The second-order valence-corrected chi connectivity index (χ2v) is 8.11. The van der Waals surface area contributed by atoms with E-state index in [0.717, 1.165) is 0 Å². The number of amides is 2. The highest BCUT2D eigenvalue weighted by molar-refractivity contribution is 6.37. The summed E-state index contributed by atoms with van der Waals surface area (Å²) in [5.41, 5.74) is 3.75. The Balaban J connectivity index is 1.40. The second-order valence-electron chi connectivity index (χ2n) is 7.26. The van der Waals surface area contributed by atoms with Gasteiger partial charge in [-0.3, -0.25) is 9.59 Å². The average Bonchev–Trinajstić information content (AvgIpc) is 3.40. The number of benzene rings is 3. The Labute approximate surface area is 215 Å². The van der Waals surface area contributed by atoms with Crippen molar-refractivity contribution in [2.24, 2.45) is 5.10 Å². The Bertz CT molecular complexity index is 1450. The second kappa shape index (κ2) is 11.4. The fraction of sp³-hybridized carbons (Fsp3) is 0. The standard InChI is InChI=1S/C26H17Cl2N3O5/c27-18-10-11-20(21(28)14-18)25(33)30-19-7-3-6-16(13-19)24(32)31-29-15-17-5-1-2-8-22(17)36-26(34)23-9-4-12-35-23/h1-15H,(H,30,33)(H,31,32). The van der Waals surface area contributed by atoms with Crippen molar-refractivity contribution in [2.75, 3.05) is 5.32 Å². The first kappa shape index (κ1) is 24.7. The third-order valence-electron chi connectivity index (χ3n) is 4.77. The number of carbonyl (C=O) groups excluding carboxylic acids is 3. The average molecular weight is 522 g/mol. The number of ether oxygens (including phenoxy) is 1. The minimum Gasteiger partial charge on any atom is -0.457 e. The number of rotatable bonds is 7. The molecule has 0 aliphatic heterocycles. The Morgan fingerprint density at radius 3 is 2.50 bits per heavy atom. The molecule has 180 valence electrons. The minimum atomic E-state index is -0.663. The van der Waals surface area contributed by atoms with Crippen LogP contribution in [0.2, 0.25) is 10.0 Å². The van der Waals surface area contributed by atoms with Crippen LogP contribution in [0.5, 0.6) is 5.75 Å². The first-order valence-corrected chi connectivity index (χ1v) is 11.2. The van der Waals surface area contributed by atoms with Gasteiger partial charge in [-0.2, -0.15) is 5.10 Å². The molecule has 2 N–H and O–H groups in total. The van der Waals surface area contributed by atoms with E-state index in [1.165, 1.54) is 36.7 Å². The lowest BCUT2D eigenvalue weighted by molar-refractivity contribution is 0.0700. The lowest BCUT2D eigenvalue weighted by atomic mass is 10.1. The van der Waals surface area contributed by atoms with Gasteiger partial charge in [0, 0.05) is 21.8 Å². The van der Waals surface area contributed by atoms with Gasteiger partial charge in [0.15, 0.2) is 0 Å². The first-order chi connectivity index (χ1) is 17.4. The number of hydrogen-bond donors (Lipinski definition) is 2. The number of nitrogens with zero attached hydrogens (tertiary/aromatic N) is 1. The van der Waals surface area contributed by atoms with Crippen molar-refractivity contribution >= 4 is 52.9 Å². The highest BCUT2D eigenvalue weighted by Crippen LogP contribution is 2.22. The summed E-state index contributed by atoms with van der Waals surface area (Å²) in [7, 11) is 0. The summed E-state index contributed by atoms with van der Waals surface area (Å²) in [6.07, 6.45) is 2.71. The summed E-state index contributed by atoms with van der Waals surface area (Å²) >= 11 is 12.0. The summed E-state index contributed by atoms with van der Waals surface area (Å²) < 4.78 is 10.4. The molecule has 1 aromatic heterocycles. The highest BCUT2D eigenvalue weighted by atomic mass is 35.5. The number of halogens is 2. The predicted molar refractivity (Wildman–Crippen MR) is 136 cm³/mol. The van der Waals surface area contributed by atoms with Crippen LogP contribution in [0.1, 0.15) is 36.8 Å². The topological polar surface area (TPSA) is 110 Å². The lowest BCUT2D eigenvalue weighted by Gasteiger charge is -2.08. The van der Waals surface area contributed by atoms with E-state index >= 15 is 0 Å². The highest BCUT2D eigenvalue weighted by Gasteiger charge is 2.14. The van der Waals surface area contributed by atoms with Crippen LogP contribution < -0.4 is 15.5 Å². The summed E-state index contributed by atoms with van der Waals surface area (Å²) in [5.74, 6) is -1.34. The molecule has 36 heavy (non-hydrogen) atoms. The van der Waals surface area contributed by atoms with Crippen LogP contribution in [-0.4, -0.2) is 24.0 Å². The largest absolute Gasteiger partial charge is 0.457 e. The molecule has 8 nitrogen and oxygen atoms in total. The molecule has 0 radical (unpaired) electrons. The Hall–Kier alpha value is -4.40. The van der Waals surface area contributed by atoms with Crippen molar-refractivity contribution in [3.8, 4) is 5.75 Å². The molecule has 1 heterocycles. The number of carbonyl (C=O) groups is 3. The van der Waals surface area contributed by atoms with Crippen LogP contribution in [0.15, 0.2) is 94.6 Å². The molecule has 0 unspecified atom stereocenters. The monoisotopic (exact) mass is 521 g/mol. The normalized spacial score (nSPS) is 10.7. The smallest absolute Gasteiger partial charge is 0.379 e. The van der Waals surface area contributed by atoms with Crippen LogP contribution >= 0.6 is 23.2 Å². The number of hydrazone groups is 1. The van der Waals surface area contributed by atoms with Gasteiger partial charge >= 0.3 is 5.97 Å². The van der Waals surface area contributed by atoms with E-state index in [4.69, 9.17) is 32.4 Å². The van der Waals surface area contributed by atoms with E-state index in [2.05, 4.69) is 15.8 Å². The van der Waals surface area contributed by atoms with Crippen molar-refractivity contribution in [3.05, 3.63) is 118 Å². The fourth-order valence-corrected chi connectivity index (χ4v) is 3.55. The Kier molecular flexibility index (Phi) is 7.79. The molecule has 0 spiro atoms. The number of para-hydroxylation sites is 1. The van der Waals surface area contributed by atoms with E-state index < -0.39 is 17.8 Å². The van der Waals surface area contributed by atoms with Gasteiger partial charge in [-0.05, 0) is 60.7 Å².